The van der Waals surface area contributed by atoms with Gasteiger partial charge in [-0.1, -0.05) is 36.0 Å². The lowest BCUT2D eigenvalue weighted by Crippen LogP contribution is -2.19. The van der Waals surface area contributed by atoms with E-state index >= 15 is 0 Å². The molecule has 0 spiro atoms. The number of halogens is 2. The smallest absolute Gasteiger partial charge is 0.309 e. The molecule has 0 atom stereocenters. The molecule has 1 saturated carbocycles. The summed E-state index contributed by atoms with van der Waals surface area (Å²) < 4.78 is 5.05. The second kappa shape index (κ2) is 6.40. The van der Waals surface area contributed by atoms with Crippen LogP contribution in [0.15, 0.2) is 18.2 Å². The molecule has 5 heteroatoms. The van der Waals surface area contributed by atoms with Crippen LogP contribution in [0.3, 0.4) is 0 Å². The molecule has 0 bridgehead atoms. The summed E-state index contributed by atoms with van der Waals surface area (Å²) in [5, 5.41) is 0.704. The predicted octanol–water partition coefficient (Wildman–Crippen LogP) is 3.91. The van der Waals surface area contributed by atoms with E-state index in [1.807, 2.05) is 0 Å². The highest BCUT2D eigenvalue weighted by Gasteiger charge is 2.24. The number of hydrogen-bond acceptors (Lipinski definition) is 3. The molecule has 0 aliphatic heterocycles. The fourth-order valence-corrected chi connectivity index (χ4v) is 2.47. The van der Waals surface area contributed by atoms with Crippen molar-refractivity contribution in [3.63, 3.8) is 0 Å². The molecule has 1 fully saturated rings. The van der Waals surface area contributed by atoms with Gasteiger partial charge in [0.2, 0.25) is 0 Å². The van der Waals surface area contributed by atoms with E-state index in [1.165, 1.54) is 6.07 Å². The summed E-state index contributed by atoms with van der Waals surface area (Å²) in [5.41, 5.74) is 0.397. The van der Waals surface area contributed by atoms with Gasteiger partial charge in [-0.2, -0.15) is 0 Å². The maximum atomic E-state index is 11.8. The van der Waals surface area contributed by atoms with E-state index in [9.17, 15) is 9.59 Å². The molecule has 1 aliphatic carbocycles. The van der Waals surface area contributed by atoms with Gasteiger partial charge in [0.25, 0.3) is 0 Å². The molecule has 0 aromatic heterocycles. The molecule has 0 heterocycles. The van der Waals surface area contributed by atoms with Gasteiger partial charge in [-0.05, 0) is 31.0 Å². The zero-order chi connectivity index (χ0) is 13.8. The Bertz CT molecular complexity index is 493. The molecule has 2 rings (SSSR count). The Morgan fingerprint density at radius 1 is 1.16 bits per heavy atom. The minimum atomic E-state index is -0.273. The molecule has 1 aliphatic rings. The van der Waals surface area contributed by atoms with Gasteiger partial charge in [0.15, 0.2) is 12.4 Å². The first-order valence-corrected chi connectivity index (χ1v) is 6.98. The number of carbonyl (C=O) groups excluding carboxylic acids is 2. The Morgan fingerprint density at radius 2 is 1.84 bits per heavy atom. The molecule has 0 unspecified atom stereocenters. The lowest BCUT2D eigenvalue weighted by Gasteiger charge is -2.09. The van der Waals surface area contributed by atoms with Crippen LogP contribution in [-0.2, 0) is 9.53 Å². The first-order chi connectivity index (χ1) is 9.08. The zero-order valence-electron chi connectivity index (χ0n) is 10.3. The number of benzene rings is 1. The number of carbonyl (C=O) groups is 2. The normalized spacial score (nSPS) is 15.5. The molecule has 102 valence electrons. The first kappa shape index (κ1) is 14.4. The Balaban J connectivity index is 1.90. The standard InChI is InChI=1S/C14H14Cl2O3/c15-11-6-5-10(7-12(11)16)13(17)8-19-14(18)9-3-1-2-4-9/h5-7,9H,1-4,8H2. The van der Waals surface area contributed by atoms with Gasteiger partial charge in [-0.15, -0.1) is 0 Å². The van der Waals surface area contributed by atoms with Crippen LogP contribution in [0.25, 0.3) is 0 Å². The van der Waals surface area contributed by atoms with E-state index in [2.05, 4.69) is 0 Å². The molecule has 19 heavy (non-hydrogen) atoms. The van der Waals surface area contributed by atoms with E-state index in [0.29, 0.717) is 15.6 Å². The number of hydrogen-bond donors (Lipinski definition) is 0. The zero-order valence-corrected chi connectivity index (χ0v) is 11.8. The topological polar surface area (TPSA) is 43.4 Å². The van der Waals surface area contributed by atoms with Crippen LogP contribution in [-0.4, -0.2) is 18.4 Å². The molecule has 1 aromatic rings. The fraction of sp³-hybridized carbons (Fsp3) is 0.429. The van der Waals surface area contributed by atoms with Gasteiger partial charge in [0.05, 0.1) is 16.0 Å². The minimum Gasteiger partial charge on any atom is -0.457 e. The number of ketones is 1. The number of Topliss-reactive ketones (excluding diaryl/α,β-unsaturated/α-hetero) is 1. The maximum absolute atomic E-state index is 11.8. The quantitative estimate of drug-likeness (QED) is 0.625. The van der Waals surface area contributed by atoms with Gasteiger partial charge >= 0.3 is 5.97 Å². The summed E-state index contributed by atoms with van der Waals surface area (Å²) in [5.74, 6) is -0.586. The monoisotopic (exact) mass is 300 g/mol. The Morgan fingerprint density at radius 3 is 2.47 bits per heavy atom. The average molecular weight is 301 g/mol. The molecule has 0 N–H and O–H groups in total. The average Bonchev–Trinajstić information content (AvgIpc) is 2.92. The van der Waals surface area contributed by atoms with E-state index < -0.39 is 0 Å². The maximum Gasteiger partial charge on any atom is 0.309 e. The third-order valence-electron chi connectivity index (χ3n) is 3.28. The van der Waals surface area contributed by atoms with E-state index in [4.69, 9.17) is 27.9 Å². The fourth-order valence-electron chi connectivity index (χ4n) is 2.17. The molecule has 0 radical (unpaired) electrons. The number of ether oxygens (including phenoxy) is 1. The second-order valence-corrected chi connectivity index (χ2v) is 5.46. The highest BCUT2D eigenvalue weighted by molar-refractivity contribution is 6.42. The molecule has 1 aromatic carbocycles. The van der Waals surface area contributed by atoms with Crippen molar-refractivity contribution in [2.45, 2.75) is 25.7 Å². The third-order valence-corrected chi connectivity index (χ3v) is 4.01. The van der Waals surface area contributed by atoms with Crippen LogP contribution < -0.4 is 0 Å². The minimum absolute atomic E-state index is 0.0402. The van der Waals surface area contributed by atoms with Crippen LogP contribution >= 0.6 is 23.2 Å². The predicted molar refractivity (Wildman–Crippen MR) is 73.7 cm³/mol. The van der Waals surface area contributed by atoms with Crippen molar-refractivity contribution < 1.29 is 14.3 Å². The van der Waals surface area contributed by atoms with Crippen LogP contribution in [0.5, 0.6) is 0 Å². The van der Waals surface area contributed by atoms with Crippen molar-refractivity contribution in [2.24, 2.45) is 5.92 Å². The Labute approximate surface area is 121 Å². The van der Waals surface area contributed by atoms with Crippen LogP contribution in [0.1, 0.15) is 36.0 Å². The molecule has 0 amide bonds. The van der Waals surface area contributed by atoms with Crippen molar-refractivity contribution >= 4 is 35.0 Å². The molecular formula is C14H14Cl2O3. The van der Waals surface area contributed by atoms with E-state index in [0.717, 1.165) is 25.7 Å². The molecule has 3 nitrogen and oxygen atoms in total. The van der Waals surface area contributed by atoms with Gasteiger partial charge in [-0.3, -0.25) is 9.59 Å². The second-order valence-electron chi connectivity index (χ2n) is 4.64. The van der Waals surface area contributed by atoms with Crippen molar-refractivity contribution in [3.8, 4) is 0 Å². The van der Waals surface area contributed by atoms with Crippen molar-refractivity contribution in [1.29, 1.82) is 0 Å². The first-order valence-electron chi connectivity index (χ1n) is 6.23. The molecular weight excluding hydrogens is 287 g/mol. The summed E-state index contributed by atoms with van der Waals surface area (Å²) in [6, 6.07) is 4.60. The molecule has 0 saturated heterocycles. The van der Waals surface area contributed by atoms with Crippen LogP contribution in [0.4, 0.5) is 0 Å². The summed E-state index contributed by atoms with van der Waals surface area (Å²) in [6.45, 7) is -0.243. The van der Waals surface area contributed by atoms with Gasteiger partial charge < -0.3 is 4.74 Å². The van der Waals surface area contributed by atoms with Gasteiger partial charge in [0.1, 0.15) is 0 Å². The Kier molecular flexibility index (Phi) is 4.83. The van der Waals surface area contributed by atoms with Gasteiger partial charge in [-0.25, -0.2) is 0 Å². The van der Waals surface area contributed by atoms with E-state index in [1.54, 1.807) is 12.1 Å². The summed E-state index contributed by atoms with van der Waals surface area (Å²) >= 11 is 11.6. The van der Waals surface area contributed by atoms with Crippen molar-refractivity contribution in [1.82, 2.24) is 0 Å². The summed E-state index contributed by atoms with van der Waals surface area (Å²) in [6.07, 6.45) is 3.83. The van der Waals surface area contributed by atoms with Crippen LogP contribution in [0.2, 0.25) is 10.0 Å². The lowest BCUT2D eigenvalue weighted by molar-refractivity contribution is -0.147. The Hall–Kier alpha value is -1.06. The highest BCUT2D eigenvalue weighted by atomic mass is 35.5. The van der Waals surface area contributed by atoms with Gasteiger partial charge in [0, 0.05) is 5.56 Å². The SMILES string of the molecule is O=C(COC(=O)C1CCCC1)c1ccc(Cl)c(Cl)c1. The van der Waals surface area contributed by atoms with Crippen LogP contribution in [0, 0.1) is 5.92 Å². The highest BCUT2D eigenvalue weighted by Crippen LogP contribution is 2.26. The summed E-state index contributed by atoms with van der Waals surface area (Å²) in [4.78, 5) is 23.5. The van der Waals surface area contributed by atoms with Crippen molar-refractivity contribution in [3.05, 3.63) is 33.8 Å². The lowest BCUT2D eigenvalue weighted by atomic mass is 10.1. The largest absolute Gasteiger partial charge is 0.457 e. The van der Waals surface area contributed by atoms with Crippen molar-refractivity contribution in [2.75, 3.05) is 6.61 Å². The van der Waals surface area contributed by atoms with E-state index in [-0.39, 0.29) is 24.3 Å². The summed E-state index contributed by atoms with van der Waals surface area (Å²) in [7, 11) is 0. The third kappa shape index (κ3) is 3.71. The number of esters is 1. The number of rotatable bonds is 4.